The molecule has 0 N–H and O–H groups in total. The highest BCUT2D eigenvalue weighted by molar-refractivity contribution is 5.78. The first kappa shape index (κ1) is 15.6. The van der Waals surface area contributed by atoms with Crippen LogP contribution in [0.25, 0.3) is 10.9 Å². The van der Waals surface area contributed by atoms with E-state index in [9.17, 15) is 14.9 Å². The fourth-order valence-electron chi connectivity index (χ4n) is 2.81. The van der Waals surface area contributed by atoms with E-state index in [0.29, 0.717) is 11.9 Å². The first-order valence-electron chi connectivity index (χ1n) is 7.60. The number of hydrogen-bond donors (Lipinski definition) is 0. The molecule has 3 nitrogen and oxygen atoms in total. The third kappa shape index (κ3) is 3.24. The molecule has 2 aromatic carbocycles. The van der Waals surface area contributed by atoms with Crippen molar-refractivity contribution in [1.82, 2.24) is 4.98 Å². The molecule has 0 aliphatic heterocycles. The van der Waals surface area contributed by atoms with Gasteiger partial charge in [-0.1, -0.05) is 36.4 Å². The number of halogens is 1. The Morgan fingerprint density at radius 3 is 2.42 bits per heavy atom. The first-order valence-corrected chi connectivity index (χ1v) is 7.60. The molecule has 0 radical (unpaired) electrons. The summed E-state index contributed by atoms with van der Waals surface area (Å²) in [5.74, 6) is -1.31. The van der Waals surface area contributed by atoms with Crippen LogP contribution in [0.3, 0.4) is 0 Å². The predicted molar refractivity (Wildman–Crippen MR) is 89.3 cm³/mol. The number of aromatic nitrogens is 1. The molecular formula is C20H14FN3. The van der Waals surface area contributed by atoms with E-state index in [-0.39, 0.29) is 11.7 Å². The van der Waals surface area contributed by atoms with Crippen molar-refractivity contribution in [1.29, 1.82) is 10.5 Å². The van der Waals surface area contributed by atoms with Crippen molar-refractivity contribution in [2.45, 2.75) is 12.3 Å². The number of fused-ring (bicyclic) bond motifs is 1. The quantitative estimate of drug-likeness (QED) is 0.718. The normalized spacial score (nSPS) is 11.8. The van der Waals surface area contributed by atoms with Crippen molar-refractivity contribution in [2.75, 3.05) is 0 Å². The van der Waals surface area contributed by atoms with Crippen LogP contribution in [0.15, 0.2) is 60.7 Å². The van der Waals surface area contributed by atoms with Gasteiger partial charge in [-0.15, -0.1) is 0 Å². The molecule has 0 fully saturated rings. The minimum Gasteiger partial charge on any atom is -0.253 e. The van der Waals surface area contributed by atoms with Crippen LogP contribution in [0.5, 0.6) is 0 Å². The lowest BCUT2D eigenvalue weighted by Gasteiger charge is -2.17. The van der Waals surface area contributed by atoms with Crippen molar-refractivity contribution in [3.8, 4) is 12.1 Å². The van der Waals surface area contributed by atoms with E-state index in [1.807, 2.05) is 42.5 Å². The smallest absolute Gasteiger partial charge is 0.140 e. The van der Waals surface area contributed by atoms with Crippen LogP contribution < -0.4 is 0 Å². The monoisotopic (exact) mass is 315 g/mol. The maximum absolute atomic E-state index is 13.3. The summed E-state index contributed by atoms with van der Waals surface area (Å²) in [6.07, 6.45) is 0.475. The highest BCUT2D eigenvalue weighted by Gasteiger charge is 2.23. The van der Waals surface area contributed by atoms with Gasteiger partial charge in [-0.25, -0.2) is 4.39 Å². The standard InChI is InChI=1S/C20H14FN3/c21-17-7-9-20-15(10-17)6-8-18(24-20)11-19(16(12-22)13-23)14-4-2-1-3-5-14/h1-10,16,19H,11H2. The topological polar surface area (TPSA) is 60.5 Å². The summed E-state index contributed by atoms with van der Waals surface area (Å²) in [5, 5.41) is 19.3. The molecule has 116 valence electrons. The van der Waals surface area contributed by atoms with Crippen LogP contribution in [0.2, 0.25) is 0 Å². The summed E-state index contributed by atoms with van der Waals surface area (Å²) in [6, 6.07) is 21.8. The average molecular weight is 315 g/mol. The lowest BCUT2D eigenvalue weighted by molar-refractivity contribution is 0.601. The van der Waals surface area contributed by atoms with Gasteiger partial charge in [0.25, 0.3) is 0 Å². The van der Waals surface area contributed by atoms with Gasteiger partial charge in [-0.05, 0) is 36.2 Å². The zero-order valence-corrected chi connectivity index (χ0v) is 12.9. The van der Waals surface area contributed by atoms with E-state index in [0.717, 1.165) is 16.6 Å². The maximum Gasteiger partial charge on any atom is 0.140 e. The molecular weight excluding hydrogens is 301 g/mol. The second-order valence-electron chi connectivity index (χ2n) is 5.60. The van der Waals surface area contributed by atoms with Crippen molar-refractivity contribution in [3.63, 3.8) is 0 Å². The highest BCUT2D eigenvalue weighted by Crippen LogP contribution is 2.28. The van der Waals surface area contributed by atoms with E-state index in [1.54, 1.807) is 6.07 Å². The van der Waals surface area contributed by atoms with Gasteiger partial charge < -0.3 is 0 Å². The van der Waals surface area contributed by atoms with Gasteiger partial charge in [-0.2, -0.15) is 10.5 Å². The number of benzene rings is 2. The van der Waals surface area contributed by atoms with Gasteiger partial charge in [0.05, 0.1) is 17.7 Å². The molecule has 0 amide bonds. The Morgan fingerprint density at radius 2 is 1.71 bits per heavy atom. The molecule has 0 saturated heterocycles. The summed E-state index contributed by atoms with van der Waals surface area (Å²) in [6.45, 7) is 0. The first-order chi connectivity index (χ1) is 11.7. The van der Waals surface area contributed by atoms with Crippen LogP contribution in [0.1, 0.15) is 17.2 Å². The number of nitrogens with zero attached hydrogens (tertiary/aromatic N) is 3. The van der Waals surface area contributed by atoms with Gasteiger partial charge in [0, 0.05) is 17.0 Å². The molecule has 1 atom stereocenters. The van der Waals surface area contributed by atoms with Gasteiger partial charge in [0.2, 0.25) is 0 Å². The van der Waals surface area contributed by atoms with Gasteiger partial charge >= 0.3 is 0 Å². The molecule has 4 heteroatoms. The Bertz CT molecular complexity index is 924. The molecule has 0 saturated carbocycles. The molecule has 1 unspecified atom stereocenters. The third-order valence-corrected chi connectivity index (χ3v) is 4.05. The van der Waals surface area contributed by atoms with E-state index in [1.165, 1.54) is 12.1 Å². The second-order valence-corrected chi connectivity index (χ2v) is 5.60. The molecule has 0 bridgehead atoms. The van der Waals surface area contributed by atoms with E-state index < -0.39 is 5.92 Å². The molecule has 24 heavy (non-hydrogen) atoms. The maximum atomic E-state index is 13.3. The van der Waals surface area contributed by atoms with Crippen molar-refractivity contribution >= 4 is 10.9 Å². The Hall–Kier alpha value is -3.24. The Morgan fingerprint density at radius 1 is 0.958 bits per heavy atom. The zero-order valence-electron chi connectivity index (χ0n) is 12.9. The van der Waals surface area contributed by atoms with Crippen LogP contribution in [0.4, 0.5) is 4.39 Å². The SMILES string of the molecule is N#CC(C#N)C(Cc1ccc2cc(F)ccc2n1)c1ccccc1. The summed E-state index contributed by atoms with van der Waals surface area (Å²) < 4.78 is 13.3. The lowest BCUT2D eigenvalue weighted by atomic mass is 9.84. The van der Waals surface area contributed by atoms with E-state index >= 15 is 0 Å². The van der Waals surface area contributed by atoms with Crippen molar-refractivity contribution in [2.24, 2.45) is 5.92 Å². The third-order valence-electron chi connectivity index (χ3n) is 4.05. The summed E-state index contributed by atoms with van der Waals surface area (Å²) in [4.78, 5) is 4.55. The largest absolute Gasteiger partial charge is 0.253 e. The molecule has 0 aliphatic carbocycles. The van der Waals surface area contributed by atoms with Gasteiger partial charge in [0.1, 0.15) is 11.7 Å². The molecule has 0 spiro atoms. The summed E-state index contributed by atoms with van der Waals surface area (Å²) in [7, 11) is 0. The number of pyridine rings is 1. The fourth-order valence-corrected chi connectivity index (χ4v) is 2.81. The van der Waals surface area contributed by atoms with Crippen molar-refractivity contribution < 1.29 is 4.39 Å². The highest BCUT2D eigenvalue weighted by atomic mass is 19.1. The Labute approximate surface area is 139 Å². The lowest BCUT2D eigenvalue weighted by Crippen LogP contribution is -2.13. The van der Waals surface area contributed by atoms with Gasteiger partial charge in [0.15, 0.2) is 0 Å². The molecule has 3 rings (SSSR count). The minimum atomic E-state index is -0.752. The van der Waals surface area contributed by atoms with Gasteiger partial charge in [-0.3, -0.25) is 4.98 Å². The van der Waals surface area contributed by atoms with E-state index in [2.05, 4.69) is 17.1 Å². The summed E-state index contributed by atoms with van der Waals surface area (Å²) in [5.41, 5.74) is 2.41. The van der Waals surface area contributed by atoms with Crippen LogP contribution in [-0.4, -0.2) is 4.98 Å². The minimum absolute atomic E-state index is 0.258. The summed E-state index contributed by atoms with van der Waals surface area (Å²) >= 11 is 0. The second kappa shape index (κ2) is 6.89. The predicted octanol–water partition coefficient (Wildman–Crippen LogP) is 4.36. The Balaban J connectivity index is 1.97. The molecule has 1 aromatic heterocycles. The number of nitriles is 2. The fraction of sp³-hybridized carbons (Fsp3) is 0.150. The van der Waals surface area contributed by atoms with Crippen LogP contribution in [0, 0.1) is 34.4 Å². The van der Waals surface area contributed by atoms with Crippen LogP contribution >= 0.6 is 0 Å². The van der Waals surface area contributed by atoms with E-state index in [4.69, 9.17) is 0 Å². The molecule has 3 aromatic rings. The Kier molecular flexibility index (Phi) is 4.50. The molecule has 0 aliphatic rings. The average Bonchev–Trinajstić information content (AvgIpc) is 2.62. The molecule has 1 heterocycles. The van der Waals surface area contributed by atoms with Crippen molar-refractivity contribution in [3.05, 3.63) is 77.7 Å². The number of hydrogen-bond acceptors (Lipinski definition) is 3. The zero-order chi connectivity index (χ0) is 16.9. The number of rotatable bonds is 4. The van der Waals surface area contributed by atoms with Crippen LogP contribution in [-0.2, 0) is 6.42 Å².